The summed E-state index contributed by atoms with van der Waals surface area (Å²) in [5, 5.41) is 4.17. The second-order valence-corrected chi connectivity index (χ2v) is 6.43. The topological polar surface area (TPSA) is 69.4 Å². The molecule has 0 radical (unpaired) electrons. The lowest BCUT2D eigenvalue weighted by Gasteiger charge is -2.13. The van der Waals surface area contributed by atoms with Crippen molar-refractivity contribution in [2.45, 2.75) is 47.5 Å². The molecule has 0 atom stereocenters. The van der Waals surface area contributed by atoms with Gasteiger partial charge in [0.05, 0.1) is 6.42 Å². The second kappa shape index (κ2) is 6.63. The zero-order valence-electron chi connectivity index (χ0n) is 15.3. The predicted octanol–water partition coefficient (Wildman–Crippen LogP) is 3.20. The molecule has 2 aromatic heterocycles. The molecule has 0 amide bonds. The van der Waals surface area contributed by atoms with Gasteiger partial charge in [-0.3, -0.25) is 4.79 Å². The van der Waals surface area contributed by atoms with E-state index in [0.29, 0.717) is 17.9 Å². The number of rotatable bonds is 4. The summed E-state index contributed by atoms with van der Waals surface area (Å²) in [4.78, 5) is 20.9. The van der Waals surface area contributed by atoms with E-state index >= 15 is 0 Å². The maximum atomic E-state index is 12.3. The van der Waals surface area contributed by atoms with Crippen LogP contribution in [-0.2, 0) is 11.2 Å². The first-order chi connectivity index (χ1) is 11.9. The van der Waals surface area contributed by atoms with Crippen molar-refractivity contribution in [1.82, 2.24) is 19.6 Å². The van der Waals surface area contributed by atoms with Gasteiger partial charge in [0.1, 0.15) is 12.1 Å². The Hall–Kier alpha value is -2.76. The normalized spacial score (nSPS) is 11.1. The minimum atomic E-state index is -0.243. The summed E-state index contributed by atoms with van der Waals surface area (Å²) in [6.45, 7) is 9.84. The molecule has 130 valence electrons. The molecule has 6 heteroatoms. The molecule has 0 aliphatic rings. The molecule has 0 fully saturated rings. The number of nitrogens with zero attached hydrogens (tertiary/aromatic N) is 4. The predicted molar refractivity (Wildman–Crippen MR) is 94.9 cm³/mol. The first-order valence-electron chi connectivity index (χ1n) is 8.31. The second-order valence-electron chi connectivity index (χ2n) is 6.43. The summed E-state index contributed by atoms with van der Waals surface area (Å²) >= 11 is 0. The standard InChI is InChI=1S/C19H22N4O2/c1-11-8-12(2)18(13(3)9-11)25-17(24)7-6-16-14(4)22-19-20-10-21-23(19)15(16)5/h8-10H,6-7H2,1-5H3. The molecule has 0 bridgehead atoms. The number of esters is 1. The Bertz CT molecular complexity index is 936. The monoisotopic (exact) mass is 338 g/mol. The molecule has 3 aromatic rings. The van der Waals surface area contributed by atoms with Crippen LogP contribution in [0.1, 0.15) is 40.1 Å². The first kappa shape index (κ1) is 17.1. The Morgan fingerprint density at radius 1 is 1.12 bits per heavy atom. The van der Waals surface area contributed by atoms with Gasteiger partial charge in [0.2, 0.25) is 0 Å². The molecule has 0 saturated heterocycles. The fraction of sp³-hybridized carbons (Fsp3) is 0.368. The smallest absolute Gasteiger partial charge is 0.311 e. The average molecular weight is 338 g/mol. The third-order valence-electron chi connectivity index (χ3n) is 4.39. The minimum absolute atomic E-state index is 0.243. The van der Waals surface area contributed by atoms with Crippen molar-refractivity contribution in [3.63, 3.8) is 0 Å². The van der Waals surface area contributed by atoms with E-state index in [4.69, 9.17) is 4.74 Å². The summed E-state index contributed by atoms with van der Waals surface area (Å²) in [6.07, 6.45) is 2.33. The maximum absolute atomic E-state index is 12.3. The van der Waals surface area contributed by atoms with E-state index < -0.39 is 0 Å². The molecule has 25 heavy (non-hydrogen) atoms. The van der Waals surface area contributed by atoms with Crippen LogP contribution in [0.15, 0.2) is 18.5 Å². The molecule has 0 saturated carbocycles. The molecule has 6 nitrogen and oxygen atoms in total. The van der Waals surface area contributed by atoms with Crippen LogP contribution in [0.3, 0.4) is 0 Å². The number of hydrogen-bond donors (Lipinski definition) is 0. The Morgan fingerprint density at radius 3 is 2.48 bits per heavy atom. The Morgan fingerprint density at radius 2 is 1.80 bits per heavy atom. The number of carbonyl (C=O) groups excluding carboxylic acids is 1. The number of ether oxygens (including phenoxy) is 1. The van der Waals surface area contributed by atoms with Crippen molar-refractivity contribution < 1.29 is 9.53 Å². The molecule has 1 aromatic carbocycles. The lowest BCUT2D eigenvalue weighted by molar-refractivity contribution is -0.134. The molecule has 0 unspecified atom stereocenters. The third kappa shape index (κ3) is 3.38. The summed E-state index contributed by atoms with van der Waals surface area (Å²) in [7, 11) is 0. The van der Waals surface area contributed by atoms with Crippen molar-refractivity contribution in [2.75, 3.05) is 0 Å². The van der Waals surface area contributed by atoms with Crippen molar-refractivity contribution >= 4 is 11.7 Å². The van der Waals surface area contributed by atoms with Crippen LogP contribution in [0.4, 0.5) is 0 Å². The third-order valence-corrected chi connectivity index (χ3v) is 4.39. The summed E-state index contributed by atoms with van der Waals surface area (Å²) in [5.74, 6) is 0.994. The van der Waals surface area contributed by atoms with Crippen molar-refractivity contribution in [1.29, 1.82) is 0 Å². The Labute approximate surface area is 146 Å². The summed E-state index contributed by atoms with van der Waals surface area (Å²) in [5.41, 5.74) is 5.94. The van der Waals surface area contributed by atoms with Crippen LogP contribution in [0.2, 0.25) is 0 Å². The van der Waals surface area contributed by atoms with Gasteiger partial charge >= 0.3 is 5.97 Å². The fourth-order valence-corrected chi connectivity index (χ4v) is 3.24. The van der Waals surface area contributed by atoms with E-state index in [2.05, 4.69) is 15.1 Å². The first-order valence-corrected chi connectivity index (χ1v) is 8.31. The van der Waals surface area contributed by atoms with Crippen LogP contribution >= 0.6 is 0 Å². The van der Waals surface area contributed by atoms with Crippen LogP contribution in [0.5, 0.6) is 5.75 Å². The van der Waals surface area contributed by atoms with E-state index in [1.807, 2.05) is 46.8 Å². The lowest BCUT2D eigenvalue weighted by Crippen LogP contribution is -2.13. The van der Waals surface area contributed by atoms with Gasteiger partial charge in [0, 0.05) is 11.4 Å². The highest BCUT2D eigenvalue weighted by Gasteiger charge is 2.15. The van der Waals surface area contributed by atoms with Gasteiger partial charge in [0.15, 0.2) is 0 Å². The number of aromatic nitrogens is 4. The quantitative estimate of drug-likeness (QED) is 0.540. The van der Waals surface area contributed by atoms with Crippen molar-refractivity contribution in [2.24, 2.45) is 0 Å². The molecule has 0 aliphatic heterocycles. The van der Waals surface area contributed by atoms with Gasteiger partial charge in [-0.1, -0.05) is 17.7 Å². The van der Waals surface area contributed by atoms with Gasteiger partial charge < -0.3 is 4.74 Å². The zero-order valence-corrected chi connectivity index (χ0v) is 15.3. The summed E-state index contributed by atoms with van der Waals surface area (Å²) < 4.78 is 7.31. The highest BCUT2D eigenvalue weighted by Crippen LogP contribution is 2.25. The molecule has 0 spiro atoms. The number of benzene rings is 1. The molecule has 0 aliphatic carbocycles. The van der Waals surface area contributed by atoms with Crippen molar-refractivity contribution in [3.05, 3.63) is 52.1 Å². The van der Waals surface area contributed by atoms with Crippen LogP contribution in [-0.4, -0.2) is 25.6 Å². The van der Waals surface area contributed by atoms with Crippen LogP contribution in [0, 0.1) is 34.6 Å². The number of aryl methyl sites for hydroxylation is 5. The zero-order chi connectivity index (χ0) is 18.1. The number of fused-ring (bicyclic) bond motifs is 1. The number of hydrogen-bond acceptors (Lipinski definition) is 5. The van der Waals surface area contributed by atoms with E-state index in [9.17, 15) is 4.79 Å². The Balaban J connectivity index is 1.75. The van der Waals surface area contributed by atoms with Gasteiger partial charge in [-0.2, -0.15) is 10.1 Å². The largest absolute Gasteiger partial charge is 0.426 e. The minimum Gasteiger partial charge on any atom is -0.426 e. The Kier molecular flexibility index (Phi) is 4.53. The molecule has 0 N–H and O–H groups in total. The molecule has 3 rings (SSSR count). The van der Waals surface area contributed by atoms with Gasteiger partial charge in [-0.05, 0) is 57.7 Å². The van der Waals surface area contributed by atoms with E-state index in [0.717, 1.165) is 33.6 Å². The molecular weight excluding hydrogens is 316 g/mol. The van der Waals surface area contributed by atoms with Crippen LogP contribution < -0.4 is 4.74 Å². The van der Waals surface area contributed by atoms with E-state index in [1.165, 1.54) is 6.33 Å². The van der Waals surface area contributed by atoms with E-state index in [-0.39, 0.29) is 12.4 Å². The van der Waals surface area contributed by atoms with Gasteiger partial charge in [0.25, 0.3) is 5.78 Å². The number of carbonyl (C=O) groups is 1. The highest BCUT2D eigenvalue weighted by atomic mass is 16.5. The van der Waals surface area contributed by atoms with Crippen molar-refractivity contribution in [3.8, 4) is 5.75 Å². The van der Waals surface area contributed by atoms with Crippen LogP contribution in [0.25, 0.3) is 5.78 Å². The highest BCUT2D eigenvalue weighted by molar-refractivity contribution is 5.73. The average Bonchev–Trinajstić information content (AvgIpc) is 2.99. The summed E-state index contributed by atoms with van der Waals surface area (Å²) in [6, 6.07) is 4.04. The van der Waals surface area contributed by atoms with Gasteiger partial charge in [-0.15, -0.1) is 0 Å². The maximum Gasteiger partial charge on any atom is 0.311 e. The molecule has 2 heterocycles. The molecular formula is C19H22N4O2. The van der Waals surface area contributed by atoms with Gasteiger partial charge in [-0.25, -0.2) is 9.50 Å². The van der Waals surface area contributed by atoms with E-state index in [1.54, 1.807) is 4.52 Å². The lowest BCUT2D eigenvalue weighted by atomic mass is 10.1. The fourth-order valence-electron chi connectivity index (χ4n) is 3.24. The SMILES string of the molecule is Cc1cc(C)c(OC(=O)CCc2c(C)nc3ncnn3c2C)c(C)c1.